The summed E-state index contributed by atoms with van der Waals surface area (Å²) < 4.78 is 42.3. The van der Waals surface area contributed by atoms with Crippen LogP contribution < -0.4 is 5.73 Å². The lowest BCUT2D eigenvalue weighted by Gasteiger charge is -2.23. The van der Waals surface area contributed by atoms with Gasteiger partial charge in [0.05, 0.1) is 4.90 Å². The number of benzene rings is 2. The predicted octanol–water partition coefficient (Wildman–Crippen LogP) is 3.35. The molecule has 0 bridgehead atoms. The lowest BCUT2D eigenvalue weighted by molar-refractivity contribution is 0.402. The van der Waals surface area contributed by atoms with Gasteiger partial charge in [-0.15, -0.1) is 0 Å². The third kappa shape index (κ3) is 4.55. The summed E-state index contributed by atoms with van der Waals surface area (Å²) in [5.74, 6) is -0.321. The van der Waals surface area contributed by atoms with E-state index < -0.39 is 10.0 Å². The number of nitrogens with zero attached hydrogens (tertiary/aromatic N) is 2. The van der Waals surface area contributed by atoms with E-state index in [4.69, 9.17) is 5.73 Å². The van der Waals surface area contributed by atoms with Gasteiger partial charge in [0.2, 0.25) is 10.0 Å². The maximum Gasteiger partial charge on any atom is 0.243 e. The Morgan fingerprint density at radius 2 is 1.82 bits per heavy atom. The third-order valence-corrected chi connectivity index (χ3v) is 6.67. The van der Waals surface area contributed by atoms with Crippen molar-refractivity contribution in [2.24, 2.45) is 5.73 Å². The molecule has 2 N–H and O–H groups in total. The zero-order valence-electron chi connectivity index (χ0n) is 15.6. The van der Waals surface area contributed by atoms with Crippen molar-refractivity contribution in [3.63, 3.8) is 0 Å². The molecule has 0 aliphatic rings. The molecular formula is C21H24FN3O2S. The van der Waals surface area contributed by atoms with Gasteiger partial charge in [-0.25, -0.2) is 12.8 Å². The number of aromatic nitrogens is 1. The fraction of sp³-hybridized carbons (Fsp3) is 0.286. The van der Waals surface area contributed by atoms with Crippen LogP contribution in [0.1, 0.15) is 18.4 Å². The van der Waals surface area contributed by atoms with Crippen LogP contribution in [0.15, 0.2) is 65.8 Å². The fourth-order valence-electron chi connectivity index (χ4n) is 3.19. The second kappa shape index (κ2) is 9.23. The Kier molecular flexibility index (Phi) is 6.72. The van der Waals surface area contributed by atoms with Crippen molar-refractivity contribution in [2.75, 3.05) is 19.6 Å². The molecule has 0 aliphatic carbocycles. The van der Waals surface area contributed by atoms with Crippen molar-refractivity contribution in [3.05, 3.63) is 72.3 Å². The second-order valence-corrected chi connectivity index (χ2v) is 8.50. The van der Waals surface area contributed by atoms with Crippen LogP contribution >= 0.6 is 0 Å². The highest BCUT2D eigenvalue weighted by atomic mass is 32.2. The van der Waals surface area contributed by atoms with Crippen LogP contribution in [-0.4, -0.2) is 37.3 Å². The molecule has 5 nitrogen and oxygen atoms in total. The maximum atomic E-state index is 14.0. The molecule has 1 heterocycles. The molecule has 0 atom stereocenters. The van der Waals surface area contributed by atoms with Gasteiger partial charge >= 0.3 is 0 Å². The highest BCUT2D eigenvalue weighted by Crippen LogP contribution is 2.26. The highest BCUT2D eigenvalue weighted by Gasteiger charge is 2.26. The summed E-state index contributed by atoms with van der Waals surface area (Å²) in [6, 6.07) is 13.3. The molecule has 148 valence electrons. The SMILES string of the molecule is NCCCCN(CCc1ccccc1F)S(=O)(=O)c1cccc2cnccc12. The van der Waals surface area contributed by atoms with E-state index in [2.05, 4.69) is 4.98 Å². The van der Waals surface area contributed by atoms with E-state index in [-0.39, 0.29) is 17.3 Å². The topological polar surface area (TPSA) is 76.3 Å². The number of rotatable bonds is 9. The molecule has 2 aromatic carbocycles. The van der Waals surface area contributed by atoms with Crippen molar-refractivity contribution in [3.8, 4) is 0 Å². The molecule has 0 fully saturated rings. The summed E-state index contributed by atoms with van der Waals surface area (Å²) in [5.41, 5.74) is 6.07. The summed E-state index contributed by atoms with van der Waals surface area (Å²) in [6.07, 6.45) is 4.91. The molecule has 0 saturated heterocycles. The predicted molar refractivity (Wildman–Crippen MR) is 109 cm³/mol. The van der Waals surface area contributed by atoms with E-state index in [0.29, 0.717) is 36.9 Å². The van der Waals surface area contributed by atoms with Crippen LogP contribution in [0.5, 0.6) is 0 Å². The largest absolute Gasteiger partial charge is 0.330 e. The number of nitrogens with two attached hydrogens (primary N) is 1. The molecule has 28 heavy (non-hydrogen) atoms. The van der Waals surface area contributed by atoms with E-state index in [0.717, 1.165) is 11.8 Å². The van der Waals surface area contributed by atoms with Crippen molar-refractivity contribution in [1.82, 2.24) is 9.29 Å². The van der Waals surface area contributed by atoms with E-state index in [1.54, 1.807) is 48.8 Å². The zero-order chi connectivity index (χ0) is 20.0. The Balaban J connectivity index is 1.92. The molecule has 0 saturated carbocycles. The van der Waals surface area contributed by atoms with Crippen molar-refractivity contribution in [2.45, 2.75) is 24.2 Å². The Bertz CT molecular complexity index is 1040. The molecule has 3 rings (SSSR count). The normalized spacial score (nSPS) is 12.0. The van der Waals surface area contributed by atoms with Crippen LogP contribution in [0, 0.1) is 5.82 Å². The van der Waals surface area contributed by atoms with Gasteiger partial charge in [0.15, 0.2) is 0 Å². The van der Waals surface area contributed by atoms with Crippen LogP contribution in [0.4, 0.5) is 4.39 Å². The number of unbranched alkanes of at least 4 members (excludes halogenated alkanes) is 1. The number of halogens is 1. The summed E-state index contributed by atoms with van der Waals surface area (Å²) in [5, 5.41) is 1.40. The summed E-state index contributed by atoms with van der Waals surface area (Å²) in [4.78, 5) is 4.31. The van der Waals surface area contributed by atoms with Gasteiger partial charge in [0.25, 0.3) is 0 Å². The van der Waals surface area contributed by atoms with Gasteiger partial charge in [-0.3, -0.25) is 4.98 Å². The fourth-order valence-corrected chi connectivity index (χ4v) is 4.88. The molecule has 0 unspecified atom stereocenters. The van der Waals surface area contributed by atoms with Gasteiger partial charge in [-0.1, -0.05) is 30.3 Å². The van der Waals surface area contributed by atoms with E-state index in [1.807, 2.05) is 6.07 Å². The molecule has 7 heteroatoms. The third-order valence-electron chi connectivity index (χ3n) is 4.71. The Hall–Kier alpha value is -2.35. The quantitative estimate of drug-likeness (QED) is 0.558. The standard InChI is InChI=1S/C21H24FN3O2S/c22-20-8-2-1-6-17(20)11-15-25(14-4-3-12-23)28(26,27)21-9-5-7-18-16-24-13-10-19(18)21/h1-2,5-10,13,16H,3-4,11-12,14-15,23H2. The summed E-state index contributed by atoms with van der Waals surface area (Å²) >= 11 is 0. The number of fused-ring (bicyclic) bond motifs is 1. The van der Waals surface area contributed by atoms with Crippen molar-refractivity contribution < 1.29 is 12.8 Å². The minimum atomic E-state index is -3.75. The lowest BCUT2D eigenvalue weighted by atomic mass is 10.1. The Morgan fingerprint density at radius 3 is 2.61 bits per heavy atom. The van der Waals surface area contributed by atoms with E-state index in [9.17, 15) is 12.8 Å². The Morgan fingerprint density at radius 1 is 1.00 bits per heavy atom. The monoisotopic (exact) mass is 401 g/mol. The first-order chi connectivity index (χ1) is 13.5. The van der Waals surface area contributed by atoms with Crippen LogP contribution in [0.2, 0.25) is 0 Å². The van der Waals surface area contributed by atoms with E-state index >= 15 is 0 Å². The Labute approximate surface area is 165 Å². The molecule has 0 radical (unpaired) electrons. The first-order valence-electron chi connectivity index (χ1n) is 9.30. The number of hydrogen-bond donors (Lipinski definition) is 1. The highest BCUT2D eigenvalue weighted by molar-refractivity contribution is 7.89. The van der Waals surface area contributed by atoms with Gasteiger partial charge in [-0.2, -0.15) is 4.31 Å². The average Bonchev–Trinajstić information content (AvgIpc) is 2.71. The molecule has 0 spiro atoms. The molecule has 3 aromatic rings. The zero-order valence-corrected chi connectivity index (χ0v) is 16.4. The number of pyridine rings is 1. The van der Waals surface area contributed by atoms with Crippen LogP contribution in [0.3, 0.4) is 0 Å². The number of hydrogen-bond acceptors (Lipinski definition) is 4. The minimum Gasteiger partial charge on any atom is -0.330 e. The molecule has 0 amide bonds. The van der Waals surface area contributed by atoms with Crippen LogP contribution in [-0.2, 0) is 16.4 Å². The first-order valence-corrected chi connectivity index (χ1v) is 10.7. The summed E-state index contributed by atoms with van der Waals surface area (Å²) in [6.45, 7) is 1.05. The van der Waals surface area contributed by atoms with Gasteiger partial charge in [0.1, 0.15) is 5.82 Å². The van der Waals surface area contributed by atoms with Crippen molar-refractivity contribution in [1.29, 1.82) is 0 Å². The van der Waals surface area contributed by atoms with Gasteiger partial charge in [0, 0.05) is 36.3 Å². The number of sulfonamides is 1. The first kappa shape index (κ1) is 20.4. The minimum absolute atomic E-state index is 0.204. The molecule has 0 aliphatic heterocycles. The van der Waals surface area contributed by atoms with E-state index in [1.165, 1.54) is 10.4 Å². The van der Waals surface area contributed by atoms with Crippen molar-refractivity contribution >= 4 is 20.8 Å². The average molecular weight is 402 g/mol. The van der Waals surface area contributed by atoms with Gasteiger partial charge < -0.3 is 5.73 Å². The smallest absolute Gasteiger partial charge is 0.243 e. The maximum absolute atomic E-state index is 14.0. The molecule has 1 aromatic heterocycles. The van der Waals surface area contributed by atoms with Crippen LogP contribution in [0.25, 0.3) is 10.8 Å². The van der Waals surface area contributed by atoms with Gasteiger partial charge in [-0.05, 0) is 49.6 Å². The second-order valence-electron chi connectivity index (χ2n) is 6.59. The summed E-state index contributed by atoms with van der Waals surface area (Å²) in [7, 11) is -3.75. The lowest BCUT2D eigenvalue weighted by Crippen LogP contribution is -2.34. The molecular weight excluding hydrogens is 377 g/mol.